The molecule has 1 heterocycles. The molecule has 1 aromatic carbocycles. The van der Waals surface area contributed by atoms with Gasteiger partial charge in [0.1, 0.15) is 11.6 Å². The fourth-order valence-corrected chi connectivity index (χ4v) is 1.36. The standard InChI is InChI=1S/C10H8F2O2/c11-9-1-7(2-10(12)3-9)8-4-13-6-14-5-8/h1-2,6,8H,4-5H2. The Bertz CT molecular complexity index is 302. The maximum absolute atomic E-state index is 12.8. The number of hydrogen-bond acceptors (Lipinski definition) is 2. The molecule has 74 valence electrons. The second kappa shape index (κ2) is 4.02. The van der Waals surface area contributed by atoms with E-state index in [1.807, 2.05) is 6.07 Å². The Balaban J connectivity index is 2.21. The third kappa shape index (κ3) is 2.08. The summed E-state index contributed by atoms with van der Waals surface area (Å²) >= 11 is 0. The topological polar surface area (TPSA) is 18.5 Å². The minimum absolute atomic E-state index is 0.126. The highest BCUT2D eigenvalue weighted by atomic mass is 19.1. The van der Waals surface area contributed by atoms with Crippen LogP contribution in [0.15, 0.2) is 12.1 Å². The summed E-state index contributed by atoms with van der Waals surface area (Å²) in [5, 5.41) is 0. The monoisotopic (exact) mass is 198 g/mol. The van der Waals surface area contributed by atoms with Crippen LogP contribution in [0.25, 0.3) is 0 Å². The van der Waals surface area contributed by atoms with Crippen molar-refractivity contribution in [3.05, 3.63) is 42.2 Å². The first-order valence-corrected chi connectivity index (χ1v) is 4.19. The van der Waals surface area contributed by atoms with Crippen molar-refractivity contribution >= 4 is 0 Å². The second-order valence-corrected chi connectivity index (χ2v) is 3.07. The molecule has 0 aromatic heterocycles. The van der Waals surface area contributed by atoms with Crippen LogP contribution < -0.4 is 0 Å². The third-order valence-electron chi connectivity index (χ3n) is 2.03. The Morgan fingerprint density at radius 3 is 2.29 bits per heavy atom. The lowest BCUT2D eigenvalue weighted by atomic mass is 10.0. The van der Waals surface area contributed by atoms with Crippen LogP contribution in [-0.2, 0) is 9.47 Å². The Hall–Kier alpha value is -1.00. The van der Waals surface area contributed by atoms with Crippen LogP contribution in [0, 0.1) is 24.5 Å². The largest absolute Gasteiger partial charge is 0.347 e. The zero-order valence-corrected chi connectivity index (χ0v) is 7.30. The molecule has 0 bridgehead atoms. The predicted octanol–water partition coefficient (Wildman–Crippen LogP) is 2.01. The smallest absolute Gasteiger partial charge is 0.209 e. The van der Waals surface area contributed by atoms with Gasteiger partial charge in [0.2, 0.25) is 6.79 Å². The van der Waals surface area contributed by atoms with E-state index in [1.165, 1.54) is 18.9 Å². The van der Waals surface area contributed by atoms with E-state index in [4.69, 9.17) is 9.47 Å². The molecular weight excluding hydrogens is 190 g/mol. The summed E-state index contributed by atoms with van der Waals surface area (Å²) in [5.74, 6) is -1.53. The van der Waals surface area contributed by atoms with Gasteiger partial charge in [-0.3, -0.25) is 0 Å². The molecule has 2 radical (unpaired) electrons. The van der Waals surface area contributed by atoms with Gasteiger partial charge < -0.3 is 9.47 Å². The number of halogens is 2. The van der Waals surface area contributed by atoms with Crippen molar-refractivity contribution in [1.29, 1.82) is 0 Å². The molecule has 0 aliphatic carbocycles. The SMILES string of the molecule is Fc1[c]c(F)cc(C2CO[CH]OC2)c1. The maximum atomic E-state index is 12.8. The third-order valence-corrected chi connectivity index (χ3v) is 2.03. The first-order valence-electron chi connectivity index (χ1n) is 4.19. The van der Waals surface area contributed by atoms with Crippen LogP contribution in [-0.4, -0.2) is 13.2 Å². The van der Waals surface area contributed by atoms with Gasteiger partial charge >= 0.3 is 0 Å². The lowest BCUT2D eigenvalue weighted by molar-refractivity contribution is -0.0416. The number of benzene rings is 1. The fourth-order valence-electron chi connectivity index (χ4n) is 1.36. The van der Waals surface area contributed by atoms with E-state index < -0.39 is 11.6 Å². The molecule has 1 saturated heterocycles. The van der Waals surface area contributed by atoms with Gasteiger partial charge in [-0.05, 0) is 17.7 Å². The van der Waals surface area contributed by atoms with Crippen LogP contribution in [0.2, 0.25) is 0 Å². The zero-order valence-electron chi connectivity index (χ0n) is 7.30. The Morgan fingerprint density at radius 1 is 1.14 bits per heavy atom. The van der Waals surface area contributed by atoms with E-state index in [2.05, 4.69) is 0 Å². The minimum atomic E-state index is -0.699. The molecule has 0 unspecified atom stereocenters. The van der Waals surface area contributed by atoms with Crippen molar-refractivity contribution in [1.82, 2.24) is 0 Å². The van der Waals surface area contributed by atoms with Gasteiger partial charge in [-0.15, -0.1) is 0 Å². The Morgan fingerprint density at radius 2 is 1.71 bits per heavy atom. The minimum Gasteiger partial charge on any atom is -0.347 e. The van der Waals surface area contributed by atoms with Crippen molar-refractivity contribution in [3.63, 3.8) is 0 Å². The van der Waals surface area contributed by atoms with Crippen LogP contribution in [0.5, 0.6) is 0 Å². The van der Waals surface area contributed by atoms with E-state index in [0.717, 1.165) is 0 Å². The Labute approximate surface area is 80.4 Å². The van der Waals surface area contributed by atoms with Crippen LogP contribution in [0.1, 0.15) is 11.5 Å². The van der Waals surface area contributed by atoms with Gasteiger partial charge in [0, 0.05) is 5.92 Å². The lowest BCUT2D eigenvalue weighted by Gasteiger charge is -2.21. The number of rotatable bonds is 1. The average molecular weight is 198 g/mol. The summed E-state index contributed by atoms with van der Waals surface area (Å²) in [6.45, 7) is 1.99. The van der Waals surface area contributed by atoms with Crippen molar-refractivity contribution in [2.45, 2.75) is 5.92 Å². The van der Waals surface area contributed by atoms with Crippen molar-refractivity contribution in [3.8, 4) is 0 Å². The van der Waals surface area contributed by atoms with Gasteiger partial charge in [0.15, 0.2) is 0 Å². The Kier molecular flexibility index (Phi) is 2.74. The number of hydrogen-bond donors (Lipinski definition) is 0. The molecule has 1 aromatic rings. The summed E-state index contributed by atoms with van der Waals surface area (Å²) in [4.78, 5) is 0. The summed E-state index contributed by atoms with van der Waals surface area (Å²) < 4.78 is 35.4. The first-order chi connectivity index (χ1) is 6.75. The molecule has 1 aliphatic rings. The highest BCUT2D eigenvalue weighted by Gasteiger charge is 2.18. The highest BCUT2D eigenvalue weighted by molar-refractivity contribution is 5.21. The quantitative estimate of drug-likeness (QED) is 0.687. The summed E-state index contributed by atoms with van der Waals surface area (Å²) in [5.41, 5.74) is 0.534. The van der Waals surface area contributed by atoms with Crippen LogP contribution in [0.3, 0.4) is 0 Å². The fraction of sp³-hybridized carbons (Fsp3) is 0.300. The van der Waals surface area contributed by atoms with E-state index in [1.54, 1.807) is 0 Å². The molecule has 0 spiro atoms. The first kappa shape index (κ1) is 9.55. The summed E-state index contributed by atoms with van der Waals surface area (Å²) in [6.07, 6.45) is 0. The second-order valence-electron chi connectivity index (χ2n) is 3.07. The van der Waals surface area contributed by atoms with E-state index in [9.17, 15) is 8.78 Å². The molecular formula is C10H8F2O2. The molecule has 0 saturated carbocycles. The molecule has 14 heavy (non-hydrogen) atoms. The molecule has 1 fully saturated rings. The molecule has 1 aliphatic heterocycles. The van der Waals surface area contributed by atoms with Gasteiger partial charge in [0.05, 0.1) is 19.3 Å². The van der Waals surface area contributed by atoms with Gasteiger partial charge in [0.25, 0.3) is 0 Å². The summed E-state index contributed by atoms with van der Waals surface area (Å²) in [7, 11) is 0. The van der Waals surface area contributed by atoms with Gasteiger partial charge in [-0.2, -0.15) is 0 Å². The molecule has 0 N–H and O–H groups in total. The highest BCUT2D eigenvalue weighted by Crippen LogP contribution is 2.22. The number of ether oxygens (including phenoxy) is 2. The molecule has 2 nitrogen and oxygen atoms in total. The lowest BCUT2D eigenvalue weighted by Crippen LogP contribution is -2.19. The summed E-state index contributed by atoms with van der Waals surface area (Å²) in [6, 6.07) is 4.41. The maximum Gasteiger partial charge on any atom is 0.209 e. The van der Waals surface area contributed by atoms with Crippen molar-refractivity contribution in [2.75, 3.05) is 13.2 Å². The zero-order chi connectivity index (χ0) is 9.97. The van der Waals surface area contributed by atoms with Gasteiger partial charge in [-0.25, -0.2) is 8.78 Å². The normalized spacial score (nSPS) is 18.4. The van der Waals surface area contributed by atoms with E-state index in [0.29, 0.717) is 18.8 Å². The van der Waals surface area contributed by atoms with E-state index in [-0.39, 0.29) is 5.92 Å². The van der Waals surface area contributed by atoms with Crippen LogP contribution >= 0.6 is 0 Å². The molecule has 4 heteroatoms. The molecule has 0 amide bonds. The van der Waals surface area contributed by atoms with E-state index >= 15 is 0 Å². The molecule has 0 atom stereocenters. The van der Waals surface area contributed by atoms with Gasteiger partial charge in [-0.1, -0.05) is 0 Å². The van der Waals surface area contributed by atoms with Crippen molar-refractivity contribution < 1.29 is 18.3 Å². The molecule has 2 rings (SSSR count). The average Bonchev–Trinajstić information content (AvgIpc) is 2.18. The van der Waals surface area contributed by atoms with Crippen molar-refractivity contribution in [2.24, 2.45) is 0 Å². The van der Waals surface area contributed by atoms with Crippen LogP contribution in [0.4, 0.5) is 8.78 Å². The predicted molar refractivity (Wildman–Crippen MR) is 44.1 cm³/mol.